The summed E-state index contributed by atoms with van der Waals surface area (Å²) in [5.74, 6) is -0.368. The molecule has 1 atom stereocenters. The molecule has 0 spiro atoms. The van der Waals surface area contributed by atoms with Gasteiger partial charge in [-0.15, -0.1) is 0 Å². The van der Waals surface area contributed by atoms with E-state index in [1.807, 2.05) is 0 Å². The van der Waals surface area contributed by atoms with E-state index in [9.17, 15) is 23.1 Å². The molecule has 0 bridgehead atoms. The van der Waals surface area contributed by atoms with Gasteiger partial charge in [0.15, 0.2) is 0 Å². The van der Waals surface area contributed by atoms with Gasteiger partial charge >= 0.3 is 6.18 Å². The number of nitrogens with one attached hydrogen (secondary N) is 1. The normalized spacial score (nSPS) is 21.4. The monoisotopic (exact) mass is 288 g/mol. The molecular weight excluding hydrogens is 273 g/mol. The van der Waals surface area contributed by atoms with Crippen LogP contribution in [0.4, 0.5) is 13.2 Å². The van der Waals surface area contributed by atoms with Crippen molar-refractivity contribution < 1.29 is 23.1 Å². The fourth-order valence-electron chi connectivity index (χ4n) is 2.23. The van der Waals surface area contributed by atoms with Crippen molar-refractivity contribution >= 4 is 5.91 Å². The number of halogens is 3. The fourth-order valence-corrected chi connectivity index (χ4v) is 2.23. The van der Waals surface area contributed by atoms with Crippen molar-refractivity contribution in [3.05, 3.63) is 29.8 Å². The van der Waals surface area contributed by atoms with E-state index < -0.39 is 18.8 Å². The van der Waals surface area contributed by atoms with Crippen LogP contribution < -0.4 is 5.32 Å². The molecule has 110 valence electrons. The van der Waals surface area contributed by atoms with E-state index >= 15 is 0 Å². The molecule has 2 rings (SSSR count). The van der Waals surface area contributed by atoms with Crippen LogP contribution >= 0.6 is 0 Å². The number of nitrogens with zero attached hydrogens (tertiary/aromatic N) is 1. The number of aromatic hydroxyl groups is 1. The summed E-state index contributed by atoms with van der Waals surface area (Å²) in [4.78, 5) is 12.5. The number of amides is 1. The first-order valence-electron chi connectivity index (χ1n) is 6.21. The van der Waals surface area contributed by atoms with E-state index in [0.29, 0.717) is 5.56 Å². The Morgan fingerprint density at radius 1 is 1.40 bits per heavy atom. The number of benzene rings is 1. The van der Waals surface area contributed by atoms with Crippen LogP contribution in [0.3, 0.4) is 0 Å². The van der Waals surface area contributed by atoms with Gasteiger partial charge in [-0.3, -0.25) is 9.69 Å². The maximum Gasteiger partial charge on any atom is 0.405 e. The lowest BCUT2D eigenvalue weighted by molar-refractivity contribution is -0.182. The predicted octanol–water partition coefficient (Wildman–Crippen LogP) is 1.65. The second-order valence-corrected chi connectivity index (χ2v) is 4.75. The number of phenols is 1. The van der Waals surface area contributed by atoms with E-state index in [-0.39, 0.29) is 31.2 Å². The molecule has 0 radical (unpaired) electrons. The van der Waals surface area contributed by atoms with Crippen molar-refractivity contribution in [1.82, 2.24) is 10.2 Å². The zero-order valence-electron chi connectivity index (χ0n) is 10.7. The number of rotatable bonds is 2. The van der Waals surface area contributed by atoms with E-state index in [4.69, 9.17) is 0 Å². The van der Waals surface area contributed by atoms with Gasteiger partial charge in [-0.05, 0) is 17.7 Å². The number of carbonyl (C=O) groups is 1. The molecule has 20 heavy (non-hydrogen) atoms. The van der Waals surface area contributed by atoms with Gasteiger partial charge in [-0.25, -0.2) is 0 Å². The lowest BCUT2D eigenvalue weighted by Crippen LogP contribution is -2.49. The highest BCUT2D eigenvalue weighted by molar-refractivity contribution is 5.76. The Labute approximate surface area is 114 Å². The van der Waals surface area contributed by atoms with Crippen LogP contribution in [0, 0.1) is 0 Å². The minimum Gasteiger partial charge on any atom is -0.508 e. The van der Waals surface area contributed by atoms with Crippen molar-refractivity contribution in [2.75, 3.05) is 13.1 Å². The lowest BCUT2D eigenvalue weighted by Gasteiger charge is -2.30. The molecule has 0 aliphatic carbocycles. The zero-order valence-corrected chi connectivity index (χ0v) is 10.7. The molecule has 1 fully saturated rings. The van der Waals surface area contributed by atoms with Crippen molar-refractivity contribution in [2.45, 2.75) is 25.2 Å². The van der Waals surface area contributed by atoms with Crippen LogP contribution in [-0.4, -0.2) is 41.2 Å². The highest BCUT2D eigenvalue weighted by atomic mass is 19.4. The molecule has 4 nitrogen and oxygen atoms in total. The largest absolute Gasteiger partial charge is 0.508 e. The van der Waals surface area contributed by atoms with Crippen LogP contribution in [0.25, 0.3) is 0 Å². The van der Waals surface area contributed by atoms with Crippen molar-refractivity contribution in [1.29, 1.82) is 0 Å². The Balaban J connectivity index is 2.18. The Kier molecular flexibility index (Phi) is 4.17. The molecule has 1 amide bonds. The Bertz CT molecular complexity index is 491. The summed E-state index contributed by atoms with van der Waals surface area (Å²) in [6.45, 7) is -0.375. The molecule has 1 aliphatic rings. The maximum absolute atomic E-state index is 13.0. The average molecular weight is 288 g/mol. The third-order valence-electron chi connectivity index (χ3n) is 3.23. The van der Waals surface area contributed by atoms with Crippen LogP contribution in [-0.2, 0) is 11.3 Å². The van der Waals surface area contributed by atoms with Crippen LogP contribution in [0.1, 0.15) is 12.0 Å². The summed E-state index contributed by atoms with van der Waals surface area (Å²) in [6, 6.07) is 4.39. The molecule has 1 aromatic carbocycles. The van der Waals surface area contributed by atoms with Gasteiger partial charge in [0.25, 0.3) is 0 Å². The smallest absolute Gasteiger partial charge is 0.405 e. The van der Waals surface area contributed by atoms with Gasteiger partial charge in [-0.2, -0.15) is 13.2 Å². The molecule has 1 aromatic rings. The molecule has 1 unspecified atom stereocenters. The average Bonchev–Trinajstić information content (AvgIpc) is 2.51. The first-order chi connectivity index (χ1) is 9.36. The summed E-state index contributed by atoms with van der Waals surface area (Å²) in [5, 5.41) is 11.6. The third kappa shape index (κ3) is 3.63. The van der Waals surface area contributed by atoms with Crippen molar-refractivity contribution in [3.8, 4) is 5.75 Å². The Morgan fingerprint density at radius 2 is 2.15 bits per heavy atom. The topological polar surface area (TPSA) is 52.6 Å². The van der Waals surface area contributed by atoms with Gasteiger partial charge in [0, 0.05) is 26.1 Å². The van der Waals surface area contributed by atoms with Crippen molar-refractivity contribution in [3.63, 3.8) is 0 Å². The summed E-state index contributed by atoms with van der Waals surface area (Å²) in [7, 11) is 0. The summed E-state index contributed by atoms with van der Waals surface area (Å²) in [6.07, 6.45) is -4.38. The van der Waals surface area contributed by atoms with E-state index in [1.54, 1.807) is 12.1 Å². The highest BCUT2D eigenvalue weighted by Crippen LogP contribution is 2.27. The summed E-state index contributed by atoms with van der Waals surface area (Å²) >= 11 is 0. The fraction of sp³-hybridized carbons (Fsp3) is 0.462. The molecule has 2 N–H and O–H groups in total. The standard InChI is InChI=1S/C13H15F3N2O2/c14-13(15,16)11-7-17-12(20)4-5-18(11)8-9-2-1-3-10(19)6-9/h1-3,6,11,19H,4-5,7-8H2,(H,17,20). The van der Waals surface area contributed by atoms with Crippen LogP contribution in [0.5, 0.6) is 5.75 Å². The minimum absolute atomic E-state index is 0.00934. The molecule has 1 aliphatic heterocycles. The zero-order chi connectivity index (χ0) is 14.8. The molecular formula is C13H15F3N2O2. The second-order valence-electron chi connectivity index (χ2n) is 4.75. The van der Waals surface area contributed by atoms with E-state index in [1.165, 1.54) is 17.0 Å². The lowest BCUT2D eigenvalue weighted by atomic mass is 10.1. The molecule has 1 saturated heterocycles. The number of carbonyl (C=O) groups excluding carboxylic acids is 1. The van der Waals surface area contributed by atoms with Gasteiger partial charge in [0.2, 0.25) is 5.91 Å². The highest BCUT2D eigenvalue weighted by Gasteiger charge is 2.44. The van der Waals surface area contributed by atoms with E-state index in [0.717, 1.165) is 0 Å². The van der Waals surface area contributed by atoms with Crippen LogP contribution in [0.15, 0.2) is 24.3 Å². The minimum atomic E-state index is -4.41. The third-order valence-corrected chi connectivity index (χ3v) is 3.23. The predicted molar refractivity (Wildman–Crippen MR) is 66.0 cm³/mol. The SMILES string of the molecule is O=C1CCN(Cc2cccc(O)c2)C(C(F)(F)F)CN1. The van der Waals surface area contributed by atoms with Gasteiger partial charge in [0.05, 0.1) is 0 Å². The maximum atomic E-state index is 13.0. The first kappa shape index (κ1) is 14.6. The van der Waals surface area contributed by atoms with Gasteiger partial charge in [0.1, 0.15) is 11.8 Å². The number of phenolic OH excluding ortho intramolecular Hbond substituents is 1. The summed E-state index contributed by atoms with van der Waals surface area (Å²) < 4.78 is 39.1. The number of hydrogen-bond donors (Lipinski definition) is 2. The van der Waals surface area contributed by atoms with Gasteiger partial charge in [-0.1, -0.05) is 12.1 Å². The quantitative estimate of drug-likeness (QED) is 0.870. The molecule has 0 saturated carbocycles. The van der Waals surface area contributed by atoms with Gasteiger partial charge < -0.3 is 10.4 Å². The Hall–Kier alpha value is -1.76. The van der Waals surface area contributed by atoms with Crippen molar-refractivity contribution in [2.24, 2.45) is 0 Å². The summed E-state index contributed by atoms with van der Waals surface area (Å²) in [5.41, 5.74) is 0.577. The second kappa shape index (κ2) is 5.70. The van der Waals surface area contributed by atoms with E-state index in [2.05, 4.69) is 5.32 Å². The molecule has 1 heterocycles. The molecule has 7 heteroatoms. The number of alkyl halides is 3. The Morgan fingerprint density at radius 3 is 2.80 bits per heavy atom. The van der Waals surface area contributed by atoms with Crippen LogP contribution in [0.2, 0.25) is 0 Å². The first-order valence-corrected chi connectivity index (χ1v) is 6.21. The number of hydrogen-bond acceptors (Lipinski definition) is 3. The molecule has 0 aromatic heterocycles.